The van der Waals surface area contributed by atoms with Gasteiger partial charge < -0.3 is 0 Å². The molecule has 0 fully saturated rings. The minimum atomic E-state index is -1.21. The second-order valence-corrected chi connectivity index (χ2v) is 10.8. The zero-order valence-electron chi connectivity index (χ0n) is 17.8. The van der Waals surface area contributed by atoms with E-state index in [0.717, 1.165) is 37.6 Å². The molecule has 0 N–H and O–H groups in total. The highest BCUT2D eigenvalue weighted by Gasteiger charge is 2.30. The van der Waals surface area contributed by atoms with Crippen LogP contribution >= 0.6 is 11.6 Å². The summed E-state index contributed by atoms with van der Waals surface area (Å²) in [5.41, 5.74) is 7.55. The van der Waals surface area contributed by atoms with E-state index in [1.54, 1.807) is 0 Å². The Morgan fingerprint density at radius 2 is 1.26 bits per heavy atom. The summed E-state index contributed by atoms with van der Waals surface area (Å²) >= 11 is 6.73. The number of fused-ring (bicyclic) bond motifs is 3. The first-order valence-corrected chi connectivity index (χ1v) is 11.9. The van der Waals surface area contributed by atoms with Crippen molar-refractivity contribution in [1.29, 1.82) is 0 Å². The fourth-order valence-electron chi connectivity index (χ4n) is 4.09. The zero-order valence-corrected chi connectivity index (χ0v) is 19.3. The first-order valence-electron chi connectivity index (χ1n) is 10.4. The lowest BCUT2D eigenvalue weighted by molar-refractivity contribution is 0.588. The van der Waals surface area contributed by atoms with Crippen molar-refractivity contribution in [3.8, 4) is 33.4 Å². The van der Waals surface area contributed by atoms with Gasteiger partial charge in [-0.05, 0) is 57.5 Å². The molecule has 1 aliphatic rings. The van der Waals surface area contributed by atoms with Crippen molar-refractivity contribution < 1.29 is 4.21 Å². The van der Waals surface area contributed by atoms with E-state index in [0.29, 0.717) is 5.02 Å². The first kappa shape index (κ1) is 20.2. The lowest BCUT2D eigenvalue weighted by atomic mass is 9.86. The van der Waals surface area contributed by atoms with Crippen molar-refractivity contribution in [3.05, 3.63) is 95.5 Å². The molecule has 1 nitrogen and oxygen atoms in total. The molecular formula is C28H23ClOS. The van der Waals surface area contributed by atoms with E-state index < -0.39 is 10.8 Å². The highest BCUT2D eigenvalue weighted by atomic mass is 35.5. The third-order valence-electron chi connectivity index (χ3n) is 5.89. The van der Waals surface area contributed by atoms with Gasteiger partial charge in [-0.1, -0.05) is 93.0 Å². The summed E-state index contributed by atoms with van der Waals surface area (Å²) in [5, 5.41) is 0.672. The molecule has 1 unspecified atom stereocenters. The van der Waals surface area contributed by atoms with Crippen molar-refractivity contribution in [1.82, 2.24) is 0 Å². The largest absolute Gasteiger partial charge is 0.249 e. The Hall–Kier alpha value is -2.68. The molecule has 0 aliphatic carbocycles. The lowest BCUT2D eigenvalue weighted by Gasteiger charge is -2.20. The third-order valence-corrected chi connectivity index (χ3v) is 7.67. The van der Waals surface area contributed by atoms with Crippen molar-refractivity contribution in [2.45, 2.75) is 36.0 Å². The highest BCUT2D eigenvalue weighted by Crippen LogP contribution is 2.47. The Kier molecular flexibility index (Phi) is 4.88. The van der Waals surface area contributed by atoms with Gasteiger partial charge in [0.2, 0.25) is 0 Å². The van der Waals surface area contributed by atoms with Crippen LogP contribution in [0.15, 0.2) is 94.7 Å². The average Bonchev–Trinajstić information content (AvgIpc) is 3.06. The monoisotopic (exact) mass is 442 g/mol. The predicted octanol–water partition coefficient (Wildman–Crippen LogP) is 8.12. The number of benzene rings is 4. The summed E-state index contributed by atoms with van der Waals surface area (Å²) in [6, 6.07) is 29.2. The van der Waals surface area contributed by atoms with E-state index in [1.807, 2.05) is 18.2 Å². The van der Waals surface area contributed by atoms with Gasteiger partial charge in [0.1, 0.15) is 0 Å². The molecule has 0 bridgehead atoms. The lowest BCUT2D eigenvalue weighted by Crippen LogP contribution is -2.11. The van der Waals surface area contributed by atoms with E-state index in [2.05, 4.69) is 87.5 Å². The second kappa shape index (κ2) is 7.47. The minimum Gasteiger partial charge on any atom is -0.249 e. The molecule has 4 aromatic rings. The molecule has 0 saturated carbocycles. The molecule has 4 aromatic carbocycles. The topological polar surface area (TPSA) is 17.1 Å². The molecule has 0 spiro atoms. The maximum Gasteiger partial charge on any atom is 0.0862 e. The molecule has 3 heteroatoms. The van der Waals surface area contributed by atoms with Gasteiger partial charge in [0.25, 0.3) is 0 Å². The number of halogens is 1. The maximum atomic E-state index is 13.2. The molecular weight excluding hydrogens is 420 g/mol. The number of rotatable bonds is 2. The van der Waals surface area contributed by atoms with Gasteiger partial charge in [-0.15, -0.1) is 0 Å². The number of hydrogen-bond acceptors (Lipinski definition) is 1. The predicted molar refractivity (Wildman–Crippen MR) is 131 cm³/mol. The van der Waals surface area contributed by atoms with Crippen LogP contribution < -0.4 is 0 Å². The molecule has 1 heterocycles. The zero-order chi connectivity index (χ0) is 21.8. The molecule has 154 valence electrons. The fraction of sp³-hybridized carbons (Fsp3) is 0.143. The van der Waals surface area contributed by atoms with Crippen LogP contribution in [-0.4, -0.2) is 4.21 Å². The summed E-state index contributed by atoms with van der Waals surface area (Å²) in [7, 11) is -1.21. The Labute approximate surface area is 191 Å². The van der Waals surface area contributed by atoms with Crippen molar-refractivity contribution in [2.75, 3.05) is 0 Å². The molecule has 5 rings (SSSR count). The quantitative estimate of drug-likeness (QED) is 0.269. The standard InChI is InChI=1S/C28H23ClOS/c1-28(2,3)22-16-24(29)27-23-15-21(13-14-25(23)31(30)26(27)17-22)20-11-9-19(10-12-20)18-7-5-4-6-8-18/h4-17H,1-3H3. The summed E-state index contributed by atoms with van der Waals surface area (Å²) < 4.78 is 13.2. The van der Waals surface area contributed by atoms with E-state index >= 15 is 0 Å². The Balaban J connectivity index is 1.57. The summed E-state index contributed by atoms with van der Waals surface area (Å²) in [4.78, 5) is 1.66. The van der Waals surface area contributed by atoms with E-state index in [4.69, 9.17) is 11.6 Å². The van der Waals surface area contributed by atoms with Crippen LogP contribution in [0.1, 0.15) is 26.3 Å². The normalized spacial score (nSPS) is 14.9. The molecule has 0 radical (unpaired) electrons. The van der Waals surface area contributed by atoms with E-state index in [9.17, 15) is 4.21 Å². The molecule has 31 heavy (non-hydrogen) atoms. The Bertz CT molecular complexity index is 1320. The van der Waals surface area contributed by atoms with Gasteiger partial charge >= 0.3 is 0 Å². The Morgan fingerprint density at radius 3 is 1.90 bits per heavy atom. The van der Waals surface area contributed by atoms with Gasteiger partial charge in [0, 0.05) is 16.1 Å². The van der Waals surface area contributed by atoms with Crippen LogP contribution in [0.2, 0.25) is 5.02 Å². The van der Waals surface area contributed by atoms with Crippen LogP contribution in [0.3, 0.4) is 0 Å². The molecule has 0 saturated heterocycles. The smallest absolute Gasteiger partial charge is 0.0862 e. The third kappa shape index (κ3) is 3.54. The SMILES string of the molecule is CC(C)(C)c1cc(Cl)c2c(c1)S(=O)c1ccc(-c3ccc(-c4ccccc4)cc3)cc1-2. The van der Waals surface area contributed by atoms with Gasteiger partial charge in [0.05, 0.1) is 20.6 Å². The second-order valence-electron chi connectivity index (χ2n) is 9.00. The van der Waals surface area contributed by atoms with Crippen LogP contribution in [0.5, 0.6) is 0 Å². The minimum absolute atomic E-state index is 0.0523. The van der Waals surface area contributed by atoms with Crippen LogP contribution in [0.25, 0.3) is 33.4 Å². The average molecular weight is 443 g/mol. The van der Waals surface area contributed by atoms with Crippen LogP contribution in [0.4, 0.5) is 0 Å². The molecule has 1 aliphatic heterocycles. The first-order chi connectivity index (χ1) is 14.8. The van der Waals surface area contributed by atoms with Crippen LogP contribution in [0, 0.1) is 0 Å². The highest BCUT2D eigenvalue weighted by molar-refractivity contribution is 7.85. The van der Waals surface area contributed by atoms with Gasteiger partial charge in [-0.25, -0.2) is 4.21 Å². The van der Waals surface area contributed by atoms with Gasteiger partial charge in [0.15, 0.2) is 0 Å². The molecule has 1 atom stereocenters. The Morgan fingerprint density at radius 1 is 0.677 bits per heavy atom. The van der Waals surface area contributed by atoms with E-state index in [-0.39, 0.29) is 5.41 Å². The molecule has 0 aromatic heterocycles. The maximum absolute atomic E-state index is 13.2. The molecule has 0 amide bonds. The van der Waals surface area contributed by atoms with Gasteiger partial charge in [-0.2, -0.15) is 0 Å². The fourth-order valence-corrected chi connectivity index (χ4v) is 5.90. The van der Waals surface area contributed by atoms with Crippen molar-refractivity contribution in [2.24, 2.45) is 0 Å². The van der Waals surface area contributed by atoms with E-state index in [1.165, 1.54) is 11.1 Å². The number of hydrogen-bond donors (Lipinski definition) is 0. The summed E-state index contributed by atoms with van der Waals surface area (Å²) in [6.07, 6.45) is 0. The summed E-state index contributed by atoms with van der Waals surface area (Å²) in [6.45, 7) is 6.44. The summed E-state index contributed by atoms with van der Waals surface area (Å²) in [5.74, 6) is 0. The van der Waals surface area contributed by atoms with Crippen molar-refractivity contribution in [3.63, 3.8) is 0 Å². The van der Waals surface area contributed by atoms with Gasteiger partial charge in [-0.3, -0.25) is 0 Å². The van der Waals surface area contributed by atoms with Crippen molar-refractivity contribution >= 4 is 22.4 Å². The van der Waals surface area contributed by atoms with Crippen LogP contribution in [-0.2, 0) is 16.2 Å².